The third kappa shape index (κ3) is 3.02. The maximum atomic E-state index is 11.3. The summed E-state index contributed by atoms with van der Waals surface area (Å²) in [6.45, 7) is 0. The normalized spacial score (nSPS) is 34.0. The molecule has 0 aromatic carbocycles. The number of fused-ring (bicyclic) bond motifs is 2. The molecule has 0 spiro atoms. The molecule has 2 bridgehead atoms. The summed E-state index contributed by atoms with van der Waals surface area (Å²) in [6, 6.07) is 0. The number of amides is 1. The minimum absolute atomic E-state index is 0.411. The van der Waals surface area contributed by atoms with Crippen molar-refractivity contribution in [2.75, 3.05) is 10.7 Å². The molecule has 0 aromatic rings. The average molecular weight is 371 g/mol. The fourth-order valence-electron chi connectivity index (χ4n) is 2.99. The smallest absolute Gasteiger partial charge is 0.307 e. The summed E-state index contributed by atoms with van der Waals surface area (Å²) in [5.41, 5.74) is 4.58. The summed E-state index contributed by atoms with van der Waals surface area (Å²) in [4.78, 5) is 22.1. The van der Waals surface area contributed by atoms with Gasteiger partial charge in [-0.15, -0.1) is 0 Å². The minimum atomic E-state index is -0.860. The fourth-order valence-corrected chi connectivity index (χ4v) is 2.99. The Morgan fingerprint density at radius 3 is 2.24 bits per heavy atom. The zero-order valence-corrected chi connectivity index (χ0v) is 12.7. The molecule has 2 rings (SSSR count). The molecule has 1 amide bonds. The second kappa shape index (κ2) is 6.18. The summed E-state index contributed by atoms with van der Waals surface area (Å²) < 4.78 is 0. The molecule has 0 saturated heterocycles. The highest BCUT2D eigenvalue weighted by Gasteiger charge is 2.58. The number of primary amides is 1. The lowest BCUT2D eigenvalue weighted by atomic mass is 9.74. The first-order chi connectivity index (χ1) is 7.97. The van der Waals surface area contributed by atoms with Crippen molar-refractivity contribution in [1.29, 1.82) is 0 Å². The molecular formula is C11H17Br2NO3. The van der Waals surface area contributed by atoms with Crippen molar-refractivity contribution < 1.29 is 14.7 Å². The van der Waals surface area contributed by atoms with Crippen LogP contribution in [0.5, 0.6) is 0 Å². The Kier molecular flexibility index (Phi) is 5.44. The first-order valence-electron chi connectivity index (χ1n) is 5.62. The molecule has 0 radical (unpaired) electrons. The Hall–Kier alpha value is -0.100. The lowest BCUT2D eigenvalue weighted by Crippen LogP contribution is -2.42. The summed E-state index contributed by atoms with van der Waals surface area (Å²) >= 11 is 6.40. The van der Waals surface area contributed by atoms with Crippen molar-refractivity contribution in [3.8, 4) is 0 Å². The predicted molar refractivity (Wildman–Crippen MR) is 72.3 cm³/mol. The van der Waals surface area contributed by atoms with Crippen LogP contribution in [-0.2, 0) is 9.59 Å². The number of aliphatic carboxylic acids is 1. The molecule has 2 fully saturated rings. The zero-order chi connectivity index (χ0) is 13.1. The molecule has 4 nitrogen and oxygen atoms in total. The number of nitrogens with two attached hydrogens (primary N) is 1. The van der Waals surface area contributed by atoms with Crippen LogP contribution in [0.4, 0.5) is 0 Å². The van der Waals surface area contributed by atoms with Crippen molar-refractivity contribution in [3.63, 3.8) is 0 Å². The standard InChI is InChI=1S/C9H13NO3.C2H4Br2/c10-8(13)9-2-1-5(4-9)3-6(9)7(11)12;3-1-2-4/h5-6H,1-4H2,(H2,10,13)(H,11,12);1-2H2. The van der Waals surface area contributed by atoms with Crippen LogP contribution in [0.25, 0.3) is 0 Å². The van der Waals surface area contributed by atoms with E-state index in [0.717, 1.165) is 17.1 Å². The monoisotopic (exact) mass is 369 g/mol. The molecule has 98 valence electrons. The molecule has 6 heteroatoms. The predicted octanol–water partition coefficient (Wildman–Crippen LogP) is 2.14. The summed E-state index contributed by atoms with van der Waals surface area (Å²) in [6.07, 6.45) is 2.97. The molecule has 3 atom stereocenters. The lowest BCUT2D eigenvalue weighted by Gasteiger charge is -2.28. The Bertz CT molecular complexity index is 309. The Morgan fingerprint density at radius 2 is 1.94 bits per heavy atom. The number of carboxylic acids is 1. The third-order valence-electron chi connectivity index (χ3n) is 3.75. The van der Waals surface area contributed by atoms with Crippen LogP contribution < -0.4 is 5.73 Å². The Labute approximate surface area is 118 Å². The number of carbonyl (C=O) groups is 2. The van der Waals surface area contributed by atoms with Crippen molar-refractivity contribution in [3.05, 3.63) is 0 Å². The van der Waals surface area contributed by atoms with E-state index in [1.807, 2.05) is 0 Å². The maximum absolute atomic E-state index is 11.3. The second-order valence-corrected chi connectivity index (χ2v) is 6.22. The summed E-state index contributed by atoms with van der Waals surface area (Å²) in [5.74, 6) is -1.39. The van der Waals surface area contributed by atoms with Crippen LogP contribution in [-0.4, -0.2) is 27.6 Å². The first-order valence-corrected chi connectivity index (χ1v) is 7.87. The SMILES string of the molecule is BrCCBr.NC(=O)C12CCC(CC1C(=O)O)C2. The average Bonchev–Trinajstić information content (AvgIpc) is 2.88. The molecule has 2 saturated carbocycles. The molecule has 2 aliphatic rings. The van der Waals surface area contributed by atoms with Crippen LogP contribution >= 0.6 is 31.9 Å². The van der Waals surface area contributed by atoms with Gasteiger partial charge in [0.1, 0.15) is 0 Å². The van der Waals surface area contributed by atoms with E-state index in [9.17, 15) is 9.59 Å². The summed E-state index contributed by atoms with van der Waals surface area (Å²) in [5, 5.41) is 11.0. The number of carbonyl (C=O) groups excluding carboxylic acids is 1. The highest BCUT2D eigenvalue weighted by atomic mass is 79.9. The largest absolute Gasteiger partial charge is 0.481 e. The van der Waals surface area contributed by atoms with E-state index in [-0.39, 0.29) is 0 Å². The van der Waals surface area contributed by atoms with Gasteiger partial charge in [0.15, 0.2) is 0 Å². The van der Waals surface area contributed by atoms with Crippen molar-refractivity contribution in [2.45, 2.75) is 25.7 Å². The molecule has 17 heavy (non-hydrogen) atoms. The number of halogens is 2. The molecule has 3 N–H and O–H groups in total. The van der Waals surface area contributed by atoms with Gasteiger partial charge in [0.2, 0.25) is 5.91 Å². The molecule has 0 aliphatic heterocycles. The molecular weight excluding hydrogens is 354 g/mol. The van der Waals surface area contributed by atoms with E-state index in [0.29, 0.717) is 25.2 Å². The summed E-state index contributed by atoms with van der Waals surface area (Å²) in [7, 11) is 0. The number of alkyl halides is 2. The fraction of sp³-hybridized carbons (Fsp3) is 0.818. The van der Waals surface area contributed by atoms with Gasteiger partial charge < -0.3 is 10.8 Å². The zero-order valence-electron chi connectivity index (χ0n) is 9.49. The third-order valence-corrected chi connectivity index (χ3v) is 5.61. The van der Waals surface area contributed by atoms with Gasteiger partial charge >= 0.3 is 5.97 Å². The first kappa shape index (κ1) is 15.0. The highest BCUT2D eigenvalue weighted by molar-refractivity contribution is 9.11. The number of carboxylic acid groups (broad SMARTS) is 1. The Balaban J connectivity index is 0.000000317. The second-order valence-electron chi connectivity index (χ2n) is 4.63. The van der Waals surface area contributed by atoms with Gasteiger partial charge in [0, 0.05) is 10.7 Å². The van der Waals surface area contributed by atoms with Crippen LogP contribution in [0, 0.1) is 17.3 Å². The maximum Gasteiger partial charge on any atom is 0.307 e. The number of rotatable bonds is 3. The van der Waals surface area contributed by atoms with E-state index in [4.69, 9.17) is 10.8 Å². The van der Waals surface area contributed by atoms with E-state index in [2.05, 4.69) is 31.9 Å². The lowest BCUT2D eigenvalue weighted by molar-refractivity contribution is -0.151. The molecule has 0 aromatic heterocycles. The Morgan fingerprint density at radius 1 is 1.35 bits per heavy atom. The van der Waals surface area contributed by atoms with E-state index >= 15 is 0 Å². The van der Waals surface area contributed by atoms with Crippen LogP contribution in [0.15, 0.2) is 0 Å². The molecule has 0 heterocycles. The topological polar surface area (TPSA) is 80.4 Å². The quantitative estimate of drug-likeness (QED) is 0.747. The minimum Gasteiger partial charge on any atom is -0.481 e. The van der Waals surface area contributed by atoms with Crippen molar-refractivity contribution in [1.82, 2.24) is 0 Å². The number of hydrogen-bond donors (Lipinski definition) is 2. The van der Waals surface area contributed by atoms with Crippen LogP contribution in [0.3, 0.4) is 0 Å². The van der Waals surface area contributed by atoms with Gasteiger partial charge in [-0.25, -0.2) is 0 Å². The highest BCUT2D eigenvalue weighted by Crippen LogP contribution is 2.57. The van der Waals surface area contributed by atoms with Gasteiger partial charge in [-0.3, -0.25) is 9.59 Å². The van der Waals surface area contributed by atoms with E-state index < -0.39 is 23.2 Å². The van der Waals surface area contributed by atoms with Gasteiger partial charge in [-0.2, -0.15) is 0 Å². The van der Waals surface area contributed by atoms with Gasteiger partial charge in [-0.1, -0.05) is 31.9 Å². The van der Waals surface area contributed by atoms with Gasteiger partial charge in [0.05, 0.1) is 11.3 Å². The van der Waals surface area contributed by atoms with Crippen molar-refractivity contribution >= 4 is 43.7 Å². The molecule has 2 aliphatic carbocycles. The van der Waals surface area contributed by atoms with Crippen LogP contribution in [0.2, 0.25) is 0 Å². The van der Waals surface area contributed by atoms with Gasteiger partial charge in [-0.05, 0) is 31.6 Å². The van der Waals surface area contributed by atoms with Gasteiger partial charge in [0.25, 0.3) is 0 Å². The number of hydrogen-bond acceptors (Lipinski definition) is 2. The van der Waals surface area contributed by atoms with E-state index in [1.54, 1.807) is 0 Å². The molecule has 3 unspecified atom stereocenters. The van der Waals surface area contributed by atoms with E-state index in [1.165, 1.54) is 0 Å². The van der Waals surface area contributed by atoms with Crippen LogP contribution in [0.1, 0.15) is 25.7 Å². The van der Waals surface area contributed by atoms with Crippen molar-refractivity contribution in [2.24, 2.45) is 23.0 Å².